The molecule has 234 valence electrons. The number of ether oxygens (including phenoxy) is 1. The van der Waals surface area contributed by atoms with E-state index in [1.165, 1.54) is 13.0 Å². The predicted molar refractivity (Wildman–Crippen MR) is 156 cm³/mol. The third-order valence-electron chi connectivity index (χ3n) is 7.26. The molecule has 0 unspecified atom stereocenters. The monoisotopic (exact) mass is 603 g/mol. The lowest BCUT2D eigenvalue weighted by molar-refractivity contribution is -0.168. The summed E-state index contributed by atoms with van der Waals surface area (Å²) < 4.78 is 34.0. The number of pyridine rings is 1. The highest BCUT2D eigenvalue weighted by Gasteiger charge is 2.42. The molecule has 11 nitrogen and oxygen atoms in total. The van der Waals surface area contributed by atoms with Crippen molar-refractivity contribution < 1.29 is 37.8 Å². The van der Waals surface area contributed by atoms with Gasteiger partial charge >= 0.3 is 11.9 Å². The molecule has 13 heteroatoms. The van der Waals surface area contributed by atoms with Crippen molar-refractivity contribution in [3.05, 3.63) is 47.7 Å². The topological polar surface area (TPSA) is 164 Å². The molecule has 0 radical (unpaired) electrons. The van der Waals surface area contributed by atoms with Gasteiger partial charge in [0.2, 0.25) is 0 Å². The van der Waals surface area contributed by atoms with Crippen LogP contribution in [0.1, 0.15) is 57.8 Å². The number of nitrogens with zero attached hydrogens (tertiary/aromatic N) is 2. The van der Waals surface area contributed by atoms with Crippen LogP contribution < -0.4 is 16.5 Å². The Balaban J connectivity index is 1.74. The van der Waals surface area contributed by atoms with E-state index in [-0.39, 0.29) is 12.6 Å². The van der Waals surface area contributed by atoms with Crippen LogP contribution in [0.3, 0.4) is 0 Å². The molecule has 1 aliphatic rings. The number of amides is 2. The molecule has 3 rings (SSSR count). The van der Waals surface area contributed by atoms with Crippen molar-refractivity contribution >= 4 is 40.7 Å². The van der Waals surface area contributed by atoms with Crippen molar-refractivity contribution in [3.8, 4) is 0 Å². The van der Waals surface area contributed by atoms with Crippen LogP contribution in [0.25, 0.3) is 17.0 Å². The Morgan fingerprint density at radius 2 is 1.86 bits per heavy atom. The van der Waals surface area contributed by atoms with Crippen LogP contribution >= 0.6 is 0 Å². The average molecular weight is 604 g/mol. The lowest BCUT2D eigenvalue weighted by atomic mass is 9.89. The van der Waals surface area contributed by atoms with Crippen LogP contribution in [-0.4, -0.2) is 76.9 Å². The fourth-order valence-electron chi connectivity index (χ4n) is 4.50. The van der Waals surface area contributed by atoms with Gasteiger partial charge in [0.15, 0.2) is 6.10 Å². The smallest absolute Gasteiger partial charge is 0.322 e. The van der Waals surface area contributed by atoms with Gasteiger partial charge in [0, 0.05) is 18.0 Å². The highest BCUT2D eigenvalue weighted by Crippen LogP contribution is 2.27. The van der Waals surface area contributed by atoms with Crippen molar-refractivity contribution in [2.75, 3.05) is 19.9 Å². The van der Waals surface area contributed by atoms with Gasteiger partial charge in [-0.3, -0.25) is 29.2 Å². The number of alkyl halides is 2. The van der Waals surface area contributed by atoms with E-state index in [4.69, 9.17) is 10.5 Å². The highest BCUT2D eigenvalue weighted by molar-refractivity contribution is 5.91. The summed E-state index contributed by atoms with van der Waals surface area (Å²) in [5.41, 5.74) is 8.04. The maximum atomic E-state index is 14.3. The van der Waals surface area contributed by atoms with Crippen LogP contribution in [0.5, 0.6) is 0 Å². The van der Waals surface area contributed by atoms with Crippen LogP contribution in [0.4, 0.5) is 8.78 Å². The van der Waals surface area contributed by atoms with Crippen molar-refractivity contribution in [2.45, 2.75) is 64.8 Å². The van der Waals surface area contributed by atoms with E-state index >= 15 is 0 Å². The average Bonchev–Trinajstić information content (AvgIpc) is 2.99. The number of nitrogens with two attached hydrogens (primary N) is 1. The van der Waals surface area contributed by atoms with Gasteiger partial charge in [-0.2, -0.15) is 0 Å². The normalized spacial score (nSPS) is 18.0. The molecule has 0 aliphatic carbocycles. The van der Waals surface area contributed by atoms with Crippen molar-refractivity contribution in [2.24, 2.45) is 17.1 Å². The lowest BCUT2D eigenvalue weighted by Crippen LogP contribution is -2.60. The first-order valence-electron chi connectivity index (χ1n) is 14.1. The molecule has 0 spiro atoms. The third kappa shape index (κ3) is 8.11. The fraction of sp³-hybridized carbons (Fsp3) is 0.500. The van der Waals surface area contributed by atoms with Crippen LogP contribution in [0, 0.1) is 11.3 Å². The number of rotatable bonds is 12. The molecular weight excluding hydrogens is 564 g/mol. The summed E-state index contributed by atoms with van der Waals surface area (Å²) in [5.74, 6) is -4.41. The van der Waals surface area contributed by atoms with E-state index in [0.29, 0.717) is 29.6 Å². The number of esters is 1. The second-order valence-electron chi connectivity index (χ2n) is 11.2. The molecule has 1 fully saturated rings. The molecule has 5 N–H and O–H groups in total. The number of carboxylic acids is 1. The third-order valence-corrected chi connectivity index (χ3v) is 7.26. The number of halogens is 2. The highest BCUT2D eigenvalue weighted by atomic mass is 19.1. The van der Waals surface area contributed by atoms with E-state index in [1.807, 2.05) is 12.1 Å². The van der Waals surface area contributed by atoms with Crippen LogP contribution in [-0.2, 0) is 23.9 Å². The van der Waals surface area contributed by atoms with Gasteiger partial charge in [-0.1, -0.05) is 44.2 Å². The van der Waals surface area contributed by atoms with E-state index < -0.39 is 66.6 Å². The minimum Gasteiger partial charge on any atom is -0.480 e. The van der Waals surface area contributed by atoms with Gasteiger partial charge in [0.05, 0.1) is 11.2 Å². The van der Waals surface area contributed by atoms with Gasteiger partial charge < -0.3 is 20.9 Å². The summed E-state index contributed by atoms with van der Waals surface area (Å²) >= 11 is 0. The molecule has 4 atom stereocenters. The van der Waals surface area contributed by atoms with Gasteiger partial charge in [-0.25, -0.2) is 14.2 Å². The quantitative estimate of drug-likeness (QED) is 0.267. The predicted octanol–water partition coefficient (Wildman–Crippen LogP) is 2.85. The number of hydrogen-bond acceptors (Lipinski definition) is 8. The molecule has 1 aromatic heterocycles. The first-order chi connectivity index (χ1) is 20.3. The summed E-state index contributed by atoms with van der Waals surface area (Å²) in [6.07, 6.45) is 1.80. The molecule has 0 saturated carbocycles. The number of aliphatic carboxylic acids is 1. The summed E-state index contributed by atoms with van der Waals surface area (Å²) in [7, 11) is 0. The standard InChI is InChI=1S/C30H39F2N5O6/c1-17(2)25(26(38)34-19(4)27(39)37-13-5-6-23(36-37)28(40)41)43-29(42)30(15-31,16-32)12-11-20-7-8-21-9-10-22(18(3)33)35-24(21)14-20/h7-12,14,17-19,23,25,36H,5-6,13,15-16,33H2,1-4H3,(H,34,38)(H,40,41)/b12-11+/t18-,19+,23+,25+/m1/s1. The number of carbonyl (C=O) groups is 4. The molecule has 43 heavy (non-hydrogen) atoms. The second-order valence-corrected chi connectivity index (χ2v) is 11.2. The molecule has 1 aromatic carbocycles. The van der Waals surface area contributed by atoms with Gasteiger partial charge in [0.1, 0.15) is 30.8 Å². The molecule has 1 saturated heterocycles. The van der Waals surface area contributed by atoms with E-state index in [9.17, 15) is 33.1 Å². The van der Waals surface area contributed by atoms with Crippen molar-refractivity contribution in [1.82, 2.24) is 20.7 Å². The summed E-state index contributed by atoms with van der Waals surface area (Å²) in [4.78, 5) is 54.9. The fourth-order valence-corrected chi connectivity index (χ4v) is 4.50. The number of fused-ring (bicyclic) bond motifs is 1. The lowest BCUT2D eigenvalue weighted by Gasteiger charge is -2.34. The zero-order valence-electron chi connectivity index (χ0n) is 24.7. The Morgan fingerprint density at radius 1 is 1.19 bits per heavy atom. The van der Waals surface area contributed by atoms with Crippen LogP contribution in [0.2, 0.25) is 0 Å². The van der Waals surface area contributed by atoms with Crippen molar-refractivity contribution in [1.29, 1.82) is 0 Å². The Hall–Kier alpha value is -3.97. The molecular formula is C30H39F2N5O6. The molecule has 0 bridgehead atoms. The number of carboxylic acid groups (broad SMARTS) is 1. The summed E-state index contributed by atoms with van der Waals surface area (Å²) in [6.45, 7) is 3.75. The molecule has 2 aromatic rings. The van der Waals surface area contributed by atoms with Crippen LogP contribution in [0.15, 0.2) is 36.4 Å². The molecule has 2 heterocycles. The summed E-state index contributed by atoms with van der Waals surface area (Å²) in [5, 5.41) is 13.7. The van der Waals surface area contributed by atoms with Gasteiger partial charge in [-0.15, -0.1) is 0 Å². The number of hydrazine groups is 1. The van der Waals surface area contributed by atoms with E-state index in [1.54, 1.807) is 39.0 Å². The number of nitrogens with one attached hydrogen (secondary N) is 2. The Labute approximate surface area is 248 Å². The Morgan fingerprint density at radius 3 is 2.47 bits per heavy atom. The number of hydrogen-bond donors (Lipinski definition) is 4. The first-order valence-corrected chi connectivity index (χ1v) is 14.1. The van der Waals surface area contributed by atoms with E-state index in [0.717, 1.165) is 16.5 Å². The summed E-state index contributed by atoms with van der Waals surface area (Å²) in [6, 6.07) is 6.52. The second kappa shape index (κ2) is 14.5. The maximum Gasteiger partial charge on any atom is 0.322 e. The zero-order valence-corrected chi connectivity index (χ0v) is 24.7. The number of benzene rings is 1. The Bertz CT molecular complexity index is 1360. The van der Waals surface area contributed by atoms with Gasteiger partial charge in [-0.05, 0) is 50.3 Å². The SMILES string of the molecule is CC(C)[C@H](OC(=O)C(/C=C/c1ccc2ccc([C@@H](C)N)nc2c1)(CF)CF)C(=O)N[C@@H](C)C(=O)N1CCC[C@@H](C(=O)O)N1. The molecule has 2 amide bonds. The number of aromatic nitrogens is 1. The Kier molecular flexibility index (Phi) is 11.3. The molecule has 1 aliphatic heterocycles. The minimum atomic E-state index is -2.31. The number of carbonyl (C=O) groups excluding carboxylic acids is 3. The minimum absolute atomic E-state index is 0.244. The van der Waals surface area contributed by atoms with Gasteiger partial charge in [0.25, 0.3) is 11.8 Å². The first kappa shape index (κ1) is 33.5. The maximum absolute atomic E-state index is 14.3. The van der Waals surface area contributed by atoms with Crippen molar-refractivity contribution in [3.63, 3.8) is 0 Å². The zero-order chi connectivity index (χ0) is 31.9. The van der Waals surface area contributed by atoms with E-state index in [2.05, 4.69) is 15.7 Å². The largest absolute Gasteiger partial charge is 0.480 e.